The van der Waals surface area contributed by atoms with Crippen molar-refractivity contribution in [3.63, 3.8) is 0 Å². The van der Waals surface area contributed by atoms with Crippen LogP contribution in [-0.4, -0.2) is 18.4 Å². The van der Waals surface area contributed by atoms with Crippen molar-refractivity contribution in [1.82, 2.24) is 0 Å². The molecule has 0 aromatic heterocycles. The maximum atomic E-state index is 11.6. The molecule has 3 nitrogen and oxygen atoms in total. The first-order valence-electron chi connectivity index (χ1n) is 4.99. The summed E-state index contributed by atoms with van der Waals surface area (Å²) in [5, 5.41) is 0. The van der Waals surface area contributed by atoms with Gasteiger partial charge in [0, 0.05) is 4.90 Å². The van der Waals surface area contributed by atoms with E-state index in [2.05, 4.69) is 12.6 Å². The molecule has 0 fully saturated rings. The largest absolute Gasteiger partial charge is 0.435 e. The van der Waals surface area contributed by atoms with Crippen molar-refractivity contribution < 1.29 is 14.3 Å². The van der Waals surface area contributed by atoms with Crippen LogP contribution >= 0.6 is 12.6 Å². The molecule has 0 saturated carbocycles. The normalized spacial score (nSPS) is 11.2. The lowest BCUT2D eigenvalue weighted by molar-refractivity contribution is -0.0966. The predicted molar refractivity (Wildman–Crippen MR) is 64.8 cm³/mol. The molecule has 1 aromatic rings. The Morgan fingerprint density at radius 2 is 1.94 bits per heavy atom. The molecule has 4 heteroatoms. The van der Waals surface area contributed by atoms with Crippen LogP contribution in [0.2, 0.25) is 0 Å². The number of thiol groups is 1. The number of carbonyl (C=O) groups is 1. The van der Waals surface area contributed by atoms with Crippen LogP contribution < -0.4 is 0 Å². The average Bonchev–Trinajstić information content (AvgIpc) is 2.16. The molecule has 0 aliphatic heterocycles. The minimum atomic E-state index is -0.421. The Balaban J connectivity index is 2.51. The second-order valence-corrected chi connectivity index (χ2v) is 4.81. The molecule has 1 rings (SSSR count). The molecule has 0 saturated heterocycles. The smallest absolute Gasteiger partial charge is 0.341 e. The van der Waals surface area contributed by atoms with Crippen molar-refractivity contribution in [2.24, 2.45) is 0 Å². The van der Waals surface area contributed by atoms with Crippen LogP contribution in [0.1, 0.15) is 31.1 Å². The maximum absolute atomic E-state index is 11.6. The van der Waals surface area contributed by atoms with E-state index in [-0.39, 0.29) is 12.4 Å². The second kappa shape index (κ2) is 5.37. The van der Waals surface area contributed by atoms with Gasteiger partial charge in [-0.2, -0.15) is 0 Å². The third-order valence-corrected chi connectivity index (χ3v) is 2.20. The van der Waals surface area contributed by atoms with E-state index >= 15 is 0 Å². The van der Waals surface area contributed by atoms with E-state index in [0.29, 0.717) is 10.5 Å². The first kappa shape index (κ1) is 13.1. The Morgan fingerprint density at radius 3 is 2.50 bits per heavy atom. The van der Waals surface area contributed by atoms with Crippen molar-refractivity contribution in [2.45, 2.75) is 31.3 Å². The Labute approximate surface area is 101 Å². The molecule has 16 heavy (non-hydrogen) atoms. The summed E-state index contributed by atoms with van der Waals surface area (Å²) in [6.45, 7) is 5.64. The van der Waals surface area contributed by atoms with Crippen molar-refractivity contribution in [3.8, 4) is 0 Å². The molecule has 0 aliphatic carbocycles. The number of benzene rings is 1. The van der Waals surface area contributed by atoms with Gasteiger partial charge in [-0.25, -0.2) is 4.79 Å². The van der Waals surface area contributed by atoms with Gasteiger partial charge in [0.25, 0.3) is 0 Å². The zero-order valence-corrected chi connectivity index (χ0v) is 10.6. The molecule has 88 valence electrons. The second-order valence-electron chi connectivity index (χ2n) is 4.32. The van der Waals surface area contributed by atoms with Gasteiger partial charge >= 0.3 is 5.97 Å². The van der Waals surface area contributed by atoms with E-state index in [0.717, 1.165) is 0 Å². The highest BCUT2D eigenvalue weighted by atomic mass is 32.1. The van der Waals surface area contributed by atoms with Crippen LogP contribution in [0.5, 0.6) is 0 Å². The number of hydrogen-bond acceptors (Lipinski definition) is 4. The number of carbonyl (C=O) groups excluding carboxylic acids is 1. The highest BCUT2D eigenvalue weighted by molar-refractivity contribution is 7.80. The fraction of sp³-hybridized carbons (Fsp3) is 0.417. The number of rotatable bonds is 3. The molecule has 1 aromatic carbocycles. The molecule has 0 heterocycles. The number of hydrogen-bond donors (Lipinski definition) is 1. The van der Waals surface area contributed by atoms with Gasteiger partial charge < -0.3 is 9.47 Å². The van der Waals surface area contributed by atoms with E-state index in [1.165, 1.54) is 0 Å². The van der Waals surface area contributed by atoms with Crippen molar-refractivity contribution >= 4 is 18.6 Å². The molecule has 0 aliphatic rings. The highest BCUT2D eigenvalue weighted by Gasteiger charge is 2.13. The molecule has 0 atom stereocenters. The quantitative estimate of drug-likeness (QED) is 0.501. The average molecular weight is 240 g/mol. The minimum Gasteiger partial charge on any atom is -0.435 e. The monoisotopic (exact) mass is 240 g/mol. The van der Waals surface area contributed by atoms with Gasteiger partial charge in [0.1, 0.15) is 0 Å². The summed E-state index contributed by atoms with van der Waals surface area (Å²) < 4.78 is 10.3. The van der Waals surface area contributed by atoms with Gasteiger partial charge in [-0.3, -0.25) is 0 Å². The van der Waals surface area contributed by atoms with E-state index < -0.39 is 5.97 Å². The fourth-order valence-electron chi connectivity index (χ4n) is 0.984. The van der Waals surface area contributed by atoms with Gasteiger partial charge in [-0.1, -0.05) is 12.1 Å². The molecular formula is C12H16O3S. The van der Waals surface area contributed by atoms with Crippen LogP contribution in [0.3, 0.4) is 0 Å². The van der Waals surface area contributed by atoms with Crippen molar-refractivity contribution in [3.05, 3.63) is 29.8 Å². The maximum Gasteiger partial charge on any atom is 0.341 e. The zero-order valence-electron chi connectivity index (χ0n) is 9.69. The molecule has 0 amide bonds. The fourth-order valence-corrected chi connectivity index (χ4v) is 1.24. The van der Waals surface area contributed by atoms with E-state index in [1.54, 1.807) is 18.2 Å². The van der Waals surface area contributed by atoms with Crippen LogP contribution in [0.15, 0.2) is 29.2 Å². The summed E-state index contributed by atoms with van der Waals surface area (Å²) >= 11 is 4.17. The van der Waals surface area contributed by atoms with Crippen LogP contribution in [0.4, 0.5) is 0 Å². The molecule has 0 unspecified atom stereocenters. The SMILES string of the molecule is CC(C)(C)OCOC(=O)c1ccccc1S. The molecule has 0 radical (unpaired) electrons. The summed E-state index contributed by atoms with van der Waals surface area (Å²) in [6.07, 6.45) is 0. The lowest BCUT2D eigenvalue weighted by Gasteiger charge is -2.19. The summed E-state index contributed by atoms with van der Waals surface area (Å²) in [5.41, 5.74) is 0.129. The lowest BCUT2D eigenvalue weighted by Crippen LogP contribution is -2.22. The zero-order chi connectivity index (χ0) is 12.2. The minimum absolute atomic E-state index is 0.0511. The summed E-state index contributed by atoms with van der Waals surface area (Å²) in [5.74, 6) is -0.421. The van der Waals surface area contributed by atoms with E-state index in [1.807, 2.05) is 26.8 Å². The Kier molecular flexibility index (Phi) is 4.38. The summed E-state index contributed by atoms with van der Waals surface area (Å²) in [4.78, 5) is 12.2. The van der Waals surface area contributed by atoms with Gasteiger partial charge in [0.2, 0.25) is 0 Å². The van der Waals surface area contributed by atoms with Crippen LogP contribution in [0, 0.1) is 0 Å². The molecular weight excluding hydrogens is 224 g/mol. The third-order valence-electron chi connectivity index (χ3n) is 1.81. The molecule has 0 spiro atoms. The predicted octanol–water partition coefficient (Wildman–Crippen LogP) is 2.90. The van der Waals surface area contributed by atoms with Crippen molar-refractivity contribution in [1.29, 1.82) is 0 Å². The van der Waals surface area contributed by atoms with E-state index in [4.69, 9.17) is 9.47 Å². The first-order valence-corrected chi connectivity index (χ1v) is 5.44. The Bertz CT molecular complexity index is 369. The number of esters is 1. The summed E-state index contributed by atoms with van der Waals surface area (Å²) in [7, 11) is 0. The van der Waals surface area contributed by atoms with Gasteiger partial charge in [0.05, 0.1) is 11.2 Å². The summed E-state index contributed by atoms with van der Waals surface area (Å²) in [6, 6.07) is 6.98. The first-order chi connectivity index (χ1) is 7.40. The Hall–Kier alpha value is -1.00. The van der Waals surface area contributed by atoms with Crippen molar-refractivity contribution in [2.75, 3.05) is 6.79 Å². The van der Waals surface area contributed by atoms with Gasteiger partial charge in [-0.15, -0.1) is 12.6 Å². The van der Waals surface area contributed by atoms with Gasteiger partial charge in [-0.05, 0) is 32.9 Å². The lowest BCUT2D eigenvalue weighted by atomic mass is 10.2. The van der Waals surface area contributed by atoms with Crippen LogP contribution in [-0.2, 0) is 9.47 Å². The Morgan fingerprint density at radius 1 is 1.31 bits per heavy atom. The number of ether oxygens (including phenoxy) is 2. The highest BCUT2D eigenvalue weighted by Crippen LogP contribution is 2.14. The molecule has 0 N–H and O–H groups in total. The van der Waals surface area contributed by atoms with Crippen LogP contribution in [0.25, 0.3) is 0 Å². The van der Waals surface area contributed by atoms with E-state index in [9.17, 15) is 4.79 Å². The van der Waals surface area contributed by atoms with Gasteiger partial charge in [0.15, 0.2) is 6.79 Å². The topological polar surface area (TPSA) is 35.5 Å². The standard InChI is InChI=1S/C12H16O3S/c1-12(2,3)15-8-14-11(13)9-6-4-5-7-10(9)16/h4-7,16H,8H2,1-3H3. The third kappa shape index (κ3) is 4.24. The molecule has 0 bridgehead atoms.